The van der Waals surface area contributed by atoms with E-state index in [1.165, 1.54) is 12.3 Å². The summed E-state index contributed by atoms with van der Waals surface area (Å²) in [6, 6.07) is 5.01. The van der Waals surface area contributed by atoms with E-state index in [-0.39, 0.29) is 10.7 Å². The van der Waals surface area contributed by atoms with Crippen LogP contribution in [0, 0.1) is 13.8 Å². The highest BCUT2D eigenvalue weighted by molar-refractivity contribution is 7.92. The van der Waals surface area contributed by atoms with Gasteiger partial charge >= 0.3 is 0 Å². The van der Waals surface area contributed by atoms with Gasteiger partial charge in [0.2, 0.25) is 0 Å². The fourth-order valence-electron chi connectivity index (χ4n) is 1.97. The van der Waals surface area contributed by atoms with Crippen LogP contribution in [-0.4, -0.2) is 20.6 Å². The molecule has 0 saturated heterocycles. The third kappa shape index (κ3) is 2.70. The minimum atomic E-state index is -3.67. The van der Waals surface area contributed by atoms with E-state index < -0.39 is 10.0 Å². The summed E-state index contributed by atoms with van der Waals surface area (Å²) in [4.78, 5) is 0.259. The average Bonchev–Trinajstić information content (AvgIpc) is 2.79. The van der Waals surface area contributed by atoms with Gasteiger partial charge in [0.25, 0.3) is 10.0 Å². The van der Waals surface area contributed by atoms with Crippen LogP contribution in [0.1, 0.15) is 11.1 Å². The third-order valence-corrected chi connectivity index (χ3v) is 4.35. The third-order valence-electron chi connectivity index (χ3n) is 2.69. The van der Waals surface area contributed by atoms with Crippen molar-refractivity contribution in [3.8, 4) is 0 Å². The molecule has 0 amide bonds. The standard InChI is InChI=1S/C12H15N3O3S/c1-8-6-10(13-3)7-9(2)12(8)19(16,17)15-11-4-5-18-14-11/h4-7,13H,1-3H3,(H,14,15). The van der Waals surface area contributed by atoms with Crippen LogP contribution in [0.15, 0.2) is 33.9 Å². The number of anilines is 2. The largest absolute Gasteiger partial charge is 0.388 e. The van der Waals surface area contributed by atoms with Gasteiger partial charge in [-0.15, -0.1) is 0 Å². The number of hydrogen-bond donors (Lipinski definition) is 2. The first-order valence-electron chi connectivity index (χ1n) is 5.66. The van der Waals surface area contributed by atoms with Crippen LogP contribution < -0.4 is 10.0 Å². The highest BCUT2D eigenvalue weighted by Crippen LogP contribution is 2.25. The van der Waals surface area contributed by atoms with Crippen LogP contribution in [0.3, 0.4) is 0 Å². The van der Waals surface area contributed by atoms with Gasteiger partial charge in [-0.1, -0.05) is 5.16 Å². The van der Waals surface area contributed by atoms with E-state index in [2.05, 4.69) is 19.7 Å². The summed E-state index contributed by atoms with van der Waals surface area (Å²) in [5.74, 6) is 0.163. The SMILES string of the molecule is CNc1cc(C)c(S(=O)(=O)Nc2ccon2)c(C)c1. The molecule has 0 aliphatic heterocycles. The normalized spacial score (nSPS) is 11.3. The van der Waals surface area contributed by atoms with Crippen LogP contribution in [0.4, 0.5) is 11.5 Å². The maximum atomic E-state index is 12.3. The molecule has 0 bridgehead atoms. The topological polar surface area (TPSA) is 84.2 Å². The minimum absolute atomic E-state index is 0.163. The van der Waals surface area contributed by atoms with Gasteiger partial charge in [0.15, 0.2) is 5.82 Å². The molecule has 0 radical (unpaired) electrons. The molecule has 0 atom stereocenters. The maximum Gasteiger partial charge on any atom is 0.263 e. The Labute approximate surface area is 111 Å². The summed E-state index contributed by atoms with van der Waals surface area (Å²) < 4.78 is 31.6. The molecule has 0 spiro atoms. The Balaban J connectivity index is 2.46. The number of rotatable bonds is 4. The van der Waals surface area contributed by atoms with E-state index >= 15 is 0 Å². The second-order valence-electron chi connectivity index (χ2n) is 4.18. The van der Waals surface area contributed by atoms with Crippen molar-refractivity contribution in [1.29, 1.82) is 0 Å². The molecule has 0 aliphatic carbocycles. The van der Waals surface area contributed by atoms with Gasteiger partial charge in [-0.2, -0.15) is 0 Å². The van der Waals surface area contributed by atoms with Crippen molar-refractivity contribution in [2.24, 2.45) is 0 Å². The van der Waals surface area contributed by atoms with Gasteiger partial charge in [0, 0.05) is 18.8 Å². The average molecular weight is 281 g/mol. The molecule has 0 aliphatic rings. The van der Waals surface area contributed by atoms with E-state index in [1.807, 2.05) is 0 Å². The molecule has 0 fully saturated rings. The zero-order valence-electron chi connectivity index (χ0n) is 10.9. The second kappa shape index (κ2) is 4.93. The first kappa shape index (κ1) is 13.4. The lowest BCUT2D eigenvalue weighted by atomic mass is 10.1. The van der Waals surface area contributed by atoms with Gasteiger partial charge in [-0.05, 0) is 37.1 Å². The lowest BCUT2D eigenvalue weighted by molar-refractivity contribution is 0.423. The van der Waals surface area contributed by atoms with Crippen molar-refractivity contribution in [2.75, 3.05) is 17.1 Å². The molecule has 0 unspecified atom stereocenters. The molecule has 2 rings (SSSR count). The molecule has 2 N–H and O–H groups in total. The molecule has 19 heavy (non-hydrogen) atoms. The summed E-state index contributed by atoms with van der Waals surface area (Å²) >= 11 is 0. The number of benzene rings is 1. The summed E-state index contributed by atoms with van der Waals surface area (Å²) in [7, 11) is -1.88. The Kier molecular flexibility index (Phi) is 3.48. The Morgan fingerprint density at radius 1 is 1.21 bits per heavy atom. The van der Waals surface area contributed by atoms with Crippen molar-refractivity contribution in [1.82, 2.24) is 5.16 Å². The summed E-state index contributed by atoms with van der Waals surface area (Å²) in [5.41, 5.74) is 2.20. The Morgan fingerprint density at radius 2 is 1.84 bits per heavy atom. The highest BCUT2D eigenvalue weighted by Gasteiger charge is 2.21. The fourth-order valence-corrected chi connectivity index (χ4v) is 3.42. The number of aryl methyl sites for hydroxylation is 2. The van der Waals surface area contributed by atoms with Gasteiger partial charge in [-0.25, -0.2) is 8.42 Å². The van der Waals surface area contributed by atoms with E-state index in [4.69, 9.17) is 0 Å². The van der Waals surface area contributed by atoms with Crippen molar-refractivity contribution >= 4 is 21.5 Å². The Hall–Kier alpha value is -2.02. The van der Waals surface area contributed by atoms with Crippen LogP contribution in [0.25, 0.3) is 0 Å². The predicted octanol–water partition coefficient (Wildman–Crippen LogP) is 2.13. The number of nitrogens with zero attached hydrogens (tertiary/aromatic N) is 1. The van der Waals surface area contributed by atoms with Crippen molar-refractivity contribution in [2.45, 2.75) is 18.7 Å². The molecular weight excluding hydrogens is 266 g/mol. The highest BCUT2D eigenvalue weighted by atomic mass is 32.2. The molecule has 1 heterocycles. The van der Waals surface area contributed by atoms with Crippen LogP contribution in [0.5, 0.6) is 0 Å². The van der Waals surface area contributed by atoms with Crippen LogP contribution >= 0.6 is 0 Å². The van der Waals surface area contributed by atoms with E-state index in [0.717, 1.165) is 5.69 Å². The van der Waals surface area contributed by atoms with Crippen LogP contribution in [-0.2, 0) is 10.0 Å². The zero-order valence-corrected chi connectivity index (χ0v) is 11.7. The monoisotopic (exact) mass is 281 g/mol. The summed E-state index contributed by atoms with van der Waals surface area (Å²) in [6.45, 7) is 3.51. The molecular formula is C12H15N3O3S. The van der Waals surface area contributed by atoms with E-state index in [9.17, 15) is 8.42 Å². The number of hydrogen-bond acceptors (Lipinski definition) is 5. The summed E-state index contributed by atoms with van der Waals surface area (Å²) in [5, 5.41) is 6.53. The maximum absolute atomic E-state index is 12.3. The lowest BCUT2D eigenvalue weighted by Gasteiger charge is -2.13. The second-order valence-corrected chi connectivity index (χ2v) is 5.80. The van der Waals surface area contributed by atoms with Crippen molar-refractivity contribution < 1.29 is 12.9 Å². The van der Waals surface area contributed by atoms with Crippen LogP contribution in [0.2, 0.25) is 0 Å². The van der Waals surface area contributed by atoms with Gasteiger partial charge in [0.1, 0.15) is 6.26 Å². The summed E-state index contributed by atoms with van der Waals surface area (Å²) in [6.07, 6.45) is 1.31. The number of sulfonamides is 1. The van der Waals surface area contributed by atoms with E-state index in [0.29, 0.717) is 11.1 Å². The van der Waals surface area contributed by atoms with Crippen molar-refractivity contribution in [3.05, 3.63) is 35.6 Å². The molecule has 1 aromatic carbocycles. The lowest BCUT2D eigenvalue weighted by Crippen LogP contribution is -2.16. The van der Waals surface area contributed by atoms with Gasteiger partial charge in [0.05, 0.1) is 4.90 Å². The number of aromatic nitrogens is 1. The quantitative estimate of drug-likeness (QED) is 0.897. The molecule has 0 saturated carbocycles. The van der Waals surface area contributed by atoms with Gasteiger partial charge in [-0.3, -0.25) is 4.72 Å². The number of nitrogens with one attached hydrogen (secondary N) is 2. The smallest absolute Gasteiger partial charge is 0.263 e. The molecule has 102 valence electrons. The molecule has 7 heteroatoms. The van der Waals surface area contributed by atoms with Gasteiger partial charge < -0.3 is 9.84 Å². The van der Waals surface area contributed by atoms with E-state index in [1.54, 1.807) is 33.0 Å². The fraction of sp³-hybridized carbons (Fsp3) is 0.250. The first-order valence-corrected chi connectivity index (χ1v) is 7.14. The molecule has 6 nitrogen and oxygen atoms in total. The molecule has 1 aromatic heterocycles. The van der Waals surface area contributed by atoms with Crippen molar-refractivity contribution in [3.63, 3.8) is 0 Å². The predicted molar refractivity (Wildman–Crippen MR) is 72.8 cm³/mol. The Bertz CT molecular complexity index is 655. The first-order chi connectivity index (χ1) is 8.94. The molecule has 2 aromatic rings. The minimum Gasteiger partial charge on any atom is -0.388 e. The Morgan fingerprint density at radius 3 is 2.32 bits per heavy atom. The zero-order chi connectivity index (χ0) is 14.0.